The van der Waals surface area contributed by atoms with Crippen LogP contribution in [-0.4, -0.2) is 26.3 Å². The monoisotopic (exact) mass is 340 g/mol. The highest BCUT2D eigenvalue weighted by atomic mass is 16.6. The van der Waals surface area contributed by atoms with Gasteiger partial charge in [-0.2, -0.15) is 10.4 Å². The summed E-state index contributed by atoms with van der Waals surface area (Å²) in [7, 11) is 1.81. The highest BCUT2D eigenvalue weighted by molar-refractivity contribution is 5.79. The highest BCUT2D eigenvalue weighted by Crippen LogP contribution is 2.28. The zero-order valence-corrected chi connectivity index (χ0v) is 15.4. The maximum atomic E-state index is 12.6. The Bertz CT molecular complexity index is 796. The van der Waals surface area contributed by atoms with Crippen LogP contribution in [0.5, 0.6) is 0 Å². The zero-order chi connectivity index (χ0) is 18.6. The van der Waals surface area contributed by atoms with Crippen LogP contribution in [0.15, 0.2) is 24.7 Å². The molecule has 0 amide bonds. The number of ether oxygens (including phenoxy) is 1. The standard InChI is InChI=1S/C19H24N4O2/c1-6-7-16(18(24)25-19(2,3)4)14-8-13(9-20)17(21-10-14)15-11-22-23(5)12-15/h8,10-12,16H,6-7H2,1-5H3. The first-order chi connectivity index (χ1) is 11.7. The number of rotatable bonds is 5. The van der Waals surface area contributed by atoms with E-state index in [1.165, 1.54) is 0 Å². The van der Waals surface area contributed by atoms with Crippen molar-refractivity contribution in [1.29, 1.82) is 5.26 Å². The fourth-order valence-corrected chi connectivity index (χ4v) is 2.61. The molecule has 0 saturated carbocycles. The molecule has 6 nitrogen and oxygen atoms in total. The van der Waals surface area contributed by atoms with Crippen LogP contribution in [0.1, 0.15) is 57.6 Å². The van der Waals surface area contributed by atoms with Crippen molar-refractivity contribution in [3.63, 3.8) is 0 Å². The summed E-state index contributed by atoms with van der Waals surface area (Å²) in [5.74, 6) is -0.707. The molecule has 0 saturated heterocycles. The minimum atomic E-state index is -0.551. The first kappa shape index (κ1) is 18.7. The van der Waals surface area contributed by atoms with Crippen LogP contribution in [0.25, 0.3) is 11.3 Å². The Morgan fingerprint density at radius 1 is 1.40 bits per heavy atom. The second-order valence-corrected chi connectivity index (χ2v) is 7.05. The van der Waals surface area contributed by atoms with Crippen LogP contribution in [0.4, 0.5) is 0 Å². The molecule has 2 heterocycles. The maximum Gasteiger partial charge on any atom is 0.313 e. The van der Waals surface area contributed by atoms with Crippen LogP contribution in [-0.2, 0) is 16.6 Å². The fraction of sp³-hybridized carbons (Fsp3) is 0.474. The molecule has 25 heavy (non-hydrogen) atoms. The number of nitriles is 1. The van der Waals surface area contributed by atoms with E-state index in [0.29, 0.717) is 23.2 Å². The van der Waals surface area contributed by atoms with E-state index in [2.05, 4.69) is 16.2 Å². The first-order valence-corrected chi connectivity index (χ1v) is 8.37. The third-order valence-electron chi connectivity index (χ3n) is 3.68. The summed E-state index contributed by atoms with van der Waals surface area (Å²) in [4.78, 5) is 17.0. The number of carbonyl (C=O) groups is 1. The number of pyridine rings is 1. The molecule has 0 aliphatic rings. The topological polar surface area (TPSA) is 80.8 Å². The predicted octanol–water partition coefficient (Wildman–Crippen LogP) is 3.58. The van der Waals surface area contributed by atoms with Gasteiger partial charge in [0, 0.05) is 25.0 Å². The molecule has 0 N–H and O–H groups in total. The Labute approximate surface area is 148 Å². The Morgan fingerprint density at radius 3 is 2.64 bits per heavy atom. The summed E-state index contributed by atoms with van der Waals surface area (Å²) in [6, 6.07) is 3.91. The van der Waals surface area contributed by atoms with Crippen LogP contribution in [0.2, 0.25) is 0 Å². The Hall–Kier alpha value is -2.68. The van der Waals surface area contributed by atoms with Gasteiger partial charge in [0.15, 0.2) is 0 Å². The van der Waals surface area contributed by atoms with E-state index in [1.54, 1.807) is 29.3 Å². The van der Waals surface area contributed by atoms with Crippen molar-refractivity contribution in [2.24, 2.45) is 7.05 Å². The van der Waals surface area contributed by atoms with Crippen molar-refractivity contribution in [2.75, 3.05) is 0 Å². The lowest BCUT2D eigenvalue weighted by molar-refractivity contribution is -0.157. The molecule has 0 aliphatic heterocycles. The van der Waals surface area contributed by atoms with Gasteiger partial charge in [0.05, 0.1) is 23.4 Å². The van der Waals surface area contributed by atoms with Crippen molar-refractivity contribution in [3.05, 3.63) is 35.8 Å². The average Bonchev–Trinajstić information content (AvgIpc) is 2.96. The van der Waals surface area contributed by atoms with Gasteiger partial charge in [-0.3, -0.25) is 14.5 Å². The van der Waals surface area contributed by atoms with Gasteiger partial charge in [-0.15, -0.1) is 0 Å². The maximum absolute atomic E-state index is 12.6. The summed E-state index contributed by atoms with van der Waals surface area (Å²) in [5, 5.41) is 13.6. The molecule has 2 aromatic rings. The molecule has 132 valence electrons. The normalized spacial score (nSPS) is 12.5. The summed E-state index contributed by atoms with van der Waals surface area (Å²) >= 11 is 0. The molecule has 0 radical (unpaired) electrons. The average molecular weight is 340 g/mol. The lowest BCUT2D eigenvalue weighted by atomic mass is 9.93. The minimum absolute atomic E-state index is 0.283. The molecule has 2 aromatic heterocycles. The van der Waals surface area contributed by atoms with E-state index in [-0.39, 0.29) is 5.97 Å². The minimum Gasteiger partial charge on any atom is -0.459 e. The summed E-state index contributed by atoms with van der Waals surface area (Å²) < 4.78 is 7.19. The van der Waals surface area contributed by atoms with E-state index in [9.17, 15) is 10.1 Å². The number of carbonyl (C=O) groups excluding carboxylic acids is 1. The molecule has 0 aromatic carbocycles. The molecular weight excluding hydrogens is 316 g/mol. The Morgan fingerprint density at radius 2 is 2.12 bits per heavy atom. The van der Waals surface area contributed by atoms with Crippen molar-refractivity contribution in [3.8, 4) is 17.3 Å². The quantitative estimate of drug-likeness (QED) is 0.777. The van der Waals surface area contributed by atoms with Gasteiger partial charge >= 0.3 is 5.97 Å². The van der Waals surface area contributed by atoms with Crippen LogP contribution in [0, 0.1) is 11.3 Å². The molecule has 0 fully saturated rings. The lowest BCUT2D eigenvalue weighted by Gasteiger charge is -2.24. The molecule has 2 rings (SSSR count). The Kier molecular flexibility index (Phi) is 5.58. The molecule has 1 atom stereocenters. The largest absolute Gasteiger partial charge is 0.459 e. The zero-order valence-electron chi connectivity index (χ0n) is 15.4. The van der Waals surface area contributed by atoms with E-state index in [0.717, 1.165) is 12.0 Å². The van der Waals surface area contributed by atoms with Crippen LogP contribution >= 0.6 is 0 Å². The molecule has 6 heteroatoms. The van der Waals surface area contributed by atoms with Crippen molar-refractivity contribution in [2.45, 2.75) is 52.1 Å². The van der Waals surface area contributed by atoms with Crippen molar-refractivity contribution >= 4 is 5.97 Å². The summed E-state index contributed by atoms with van der Waals surface area (Å²) in [6.07, 6.45) is 6.61. The van der Waals surface area contributed by atoms with E-state index < -0.39 is 11.5 Å². The van der Waals surface area contributed by atoms with E-state index in [1.807, 2.05) is 34.7 Å². The third-order valence-corrected chi connectivity index (χ3v) is 3.68. The van der Waals surface area contributed by atoms with E-state index in [4.69, 9.17) is 4.74 Å². The van der Waals surface area contributed by atoms with Gasteiger partial charge in [0.2, 0.25) is 0 Å². The summed E-state index contributed by atoms with van der Waals surface area (Å²) in [6.45, 7) is 7.55. The van der Waals surface area contributed by atoms with Gasteiger partial charge in [-0.05, 0) is 38.8 Å². The molecule has 0 bridgehead atoms. The molecule has 0 spiro atoms. The smallest absolute Gasteiger partial charge is 0.313 e. The van der Waals surface area contributed by atoms with Gasteiger partial charge in [-0.25, -0.2) is 0 Å². The van der Waals surface area contributed by atoms with Crippen molar-refractivity contribution < 1.29 is 9.53 Å². The molecule has 0 aliphatic carbocycles. The number of nitrogens with zero attached hydrogens (tertiary/aromatic N) is 4. The second kappa shape index (κ2) is 7.47. The van der Waals surface area contributed by atoms with Gasteiger partial charge in [0.1, 0.15) is 11.7 Å². The fourth-order valence-electron chi connectivity index (χ4n) is 2.61. The Balaban J connectivity index is 2.39. The van der Waals surface area contributed by atoms with Gasteiger partial charge in [0.25, 0.3) is 0 Å². The second-order valence-electron chi connectivity index (χ2n) is 7.05. The number of aromatic nitrogens is 3. The number of esters is 1. The number of hydrogen-bond acceptors (Lipinski definition) is 5. The molecule has 1 unspecified atom stereocenters. The summed E-state index contributed by atoms with van der Waals surface area (Å²) in [5.41, 5.74) is 1.92. The number of hydrogen-bond donors (Lipinski definition) is 0. The van der Waals surface area contributed by atoms with Crippen LogP contribution in [0.3, 0.4) is 0 Å². The van der Waals surface area contributed by atoms with Gasteiger partial charge < -0.3 is 4.74 Å². The first-order valence-electron chi connectivity index (χ1n) is 8.37. The molecular formula is C19H24N4O2. The highest BCUT2D eigenvalue weighted by Gasteiger charge is 2.27. The lowest BCUT2D eigenvalue weighted by Crippen LogP contribution is -2.28. The number of aryl methyl sites for hydroxylation is 1. The third kappa shape index (κ3) is 4.66. The predicted molar refractivity (Wildman–Crippen MR) is 94.6 cm³/mol. The van der Waals surface area contributed by atoms with Crippen molar-refractivity contribution in [1.82, 2.24) is 14.8 Å². The SMILES string of the molecule is CCCC(C(=O)OC(C)(C)C)c1cnc(-c2cnn(C)c2)c(C#N)c1. The van der Waals surface area contributed by atoms with Gasteiger partial charge in [-0.1, -0.05) is 13.3 Å². The van der Waals surface area contributed by atoms with Crippen LogP contribution < -0.4 is 0 Å². The van der Waals surface area contributed by atoms with E-state index >= 15 is 0 Å².